The number of hydrogen-bond acceptors (Lipinski definition) is 5. The summed E-state index contributed by atoms with van der Waals surface area (Å²) >= 11 is 6.35. The van der Waals surface area contributed by atoms with Gasteiger partial charge in [0, 0.05) is 26.1 Å². The van der Waals surface area contributed by atoms with Crippen LogP contribution in [0.5, 0.6) is 0 Å². The van der Waals surface area contributed by atoms with Crippen molar-refractivity contribution in [3.05, 3.63) is 35.0 Å². The van der Waals surface area contributed by atoms with Crippen LogP contribution in [0.1, 0.15) is 5.69 Å². The Labute approximate surface area is 150 Å². The van der Waals surface area contributed by atoms with Gasteiger partial charge in [0.15, 0.2) is 5.65 Å². The number of aromatic nitrogens is 3. The number of likely N-dealkylation sites (N-methyl/N-ethyl adjacent to an activating group) is 1. The molecule has 0 fully saturated rings. The lowest BCUT2D eigenvalue weighted by Gasteiger charge is -2.20. The normalized spacial score (nSPS) is 11.2. The summed E-state index contributed by atoms with van der Waals surface area (Å²) in [5, 5.41) is 8.69. The zero-order chi connectivity index (χ0) is 18.0. The van der Waals surface area contributed by atoms with Gasteiger partial charge in [0.1, 0.15) is 10.8 Å². The first-order valence-corrected chi connectivity index (χ1v) is 8.31. The molecule has 0 aliphatic carbocycles. The molecule has 0 aliphatic heterocycles. The van der Waals surface area contributed by atoms with Crippen molar-refractivity contribution >= 4 is 39.9 Å². The Kier molecular flexibility index (Phi) is 5.06. The topological polar surface area (TPSA) is 71.8 Å². The second-order valence-electron chi connectivity index (χ2n) is 5.79. The van der Waals surface area contributed by atoms with Crippen LogP contribution in [0.4, 0.5) is 5.82 Å². The maximum Gasteiger partial charge on any atom is 0.239 e. The summed E-state index contributed by atoms with van der Waals surface area (Å²) in [5.41, 5.74) is 2.19. The van der Waals surface area contributed by atoms with Crippen LogP contribution in [0.2, 0.25) is 5.02 Å². The number of fused-ring (bicyclic) bond motifs is 3. The smallest absolute Gasteiger partial charge is 0.239 e. The molecule has 7 nitrogen and oxygen atoms in total. The van der Waals surface area contributed by atoms with E-state index in [9.17, 15) is 4.79 Å². The van der Waals surface area contributed by atoms with E-state index in [0.29, 0.717) is 29.6 Å². The van der Waals surface area contributed by atoms with Crippen molar-refractivity contribution in [1.29, 1.82) is 0 Å². The maximum atomic E-state index is 12.1. The lowest BCUT2D eigenvalue weighted by Crippen LogP contribution is -2.37. The summed E-state index contributed by atoms with van der Waals surface area (Å²) in [4.78, 5) is 18.6. The number of carbonyl (C=O) groups is 1. The lowest BCUT2D eigenvalue weighted by atomic mass is 10.2. The van der Waals surface area contributed by atoms with E-state index in [1.54, 1.807) is 11.6 Å². The SMILES string of the molecule is COCCNC(=O)CN(C)c1nc2c(Cl)c(C)nn2c2ccccc12. The molecule has 0 saturated carbocycles. The summed E-state index contributed by atoms with van der Waals surface area (Å²) in [7, 11) is 3.43. The molecule has 8 heteroatoms. The number of carbonyl (C=O) groups excluding carboxylic acids is 1. The Morgan fingerprint density at radius 1 is 1.40 bits per heavy atom. The largest absolute Gasteiger partial charge is 0.383 e. The summed E-state index contributed by atoms with van der Waals surface area (Å²) in [5.74, 6) is 0.591. The zero-order valence-electron chi connectivity index (χ0n) is 14.4. The molecule has 2 heterocycles. The van der Waals surface area contributed by atoms with Crippen molar-refractivity contribution in [3.8, 4) is 0 Å². The van der Waals surface area contributed by atoms with Crippen molar-refractivity contribution in [2.75, 3.05) is 38.8 Å². The highest BCUT2D eigenvalue weighted by molar-refractivity contribution is 6.34. The Morgan fingerprint density at radius 3 is 2.92 bits per heavy atom. The fourth-order valence-corrected chi connectivity index (χ4v) is 2.86. The number of aryl methyl sites for hydroxylation is 1. The molecule has 0 radical (unpaired) electrons. The highest BCUT2D eigenvalue weighted by atomic mass is 35.5. The zero-order valence-corrected chi connectivity index (χ0v) is 15.2. The molecule has 2 aromatic heterocycles. The van der Waals surface area contributed by atoms with E-state index in [2.05, 4.69) is 15.4 Å². The Bertz CT molecular complexity index is 924. The Balaban J connectivity index is 1.99. The van der Waals surface area contributed by atoms with Crippen molar-refractivity contribution in [2.24, 2.45) is 0 Å². The highest BCUT2D eigenvalue weighted by Crippen LogP contribution is 2.29. The van der Waals surface area contributed by atoms with E-state index < -0.39 is 0 Å². The average Bonchev–Trinajstić information content (AvgIpc) is 2.89. The minimum absolute atomic E-state index is 0.0962. The number of halogens is 1. The van der Waals surface area contributed by atoms with Crippen molar-refractivity contribution in [1.82, 2.24) is 19.9 Å². The number of hydrogen-bond donors (Lipinski definition) is 1. The molecular weight excluding hydrogens is 342 g/mol. The number of ether oxygens (including phenoxy) is 1. The van der Waals surface area contributed by atoms with E-state index in [1.165, 1.54) is 0 Å². The van der Waals surface area contributed by atoms with Crippen LogP contribution in [0.3, 0.4) is 0 Å². The van der Waals surface area contributed by atoms with Crippen LogP contribution in [0, 0.1) is 6.92 Å². The predicted molar refractivity (Wildman–Crippen MR) is 98.4 cm³/mol. The molecule has 0 saturated heterocycles. The average molecular weight is 362 g/mol. The molecule has 3 rings (SSSR count). The van der Waals surface area contributed by atoms with Gasteiger partial charge in [-0.15, -0.1) is 0 Å². The van der Waals surface area contributed by atoms with Crippen LogP contribution in [0.15, 0.2) is 24.3 Å². The Morgan fingerprint density at radius 2 is 2.16 bits per heavy atom. The number of rotatable bonds is 6. The third-order valence-corrected chi connectivity index (χ3v) is 4.36. The molecular formula is C17H20ClN5O2. The molecule has 1 amide bonds. The first-order valence-electron chi connectivity index (χ1n) is 7.93. The molecule has 0 bridgehead atoms. The maximum absolute atomic E-state index is 12.1. The number of methoxy groups -OCH3 is 1. The van der Waals surface area contributed by atoms with Gasteiger partial charge in [0.25, 0.3) is 0 Å². The molecule has 25 heavy (non-hydrogen) atoms. The minimum Gasteiger partial charge on any atom is -0.383 e. The van der Waals surface area contributed by atoms with Crippen molar-refractivity contribution in [3.63, 3.8) is 0 Å². The molecule has 0 spiro atoms. The summed E-state index contributed by atoms with van der Waals surface area (Å²) in [6, 6.07) is 7.79. The van der Waals surface area contributed by atoms with Gasteiger partial charge < -0.3 is 15.0 Å². The summed E-state index contributed by atoms with van der Waals surface area (Å²) in [6.07, 6.45) is 0. The van der Waals surface area contributed by atoms with E-state index in [4.69, 9.17) is 16.3 Å². The Hall–Kier alpha value is -2.38. The number of amides is 1. The van der Waals surface area contributed by atoms with Crippen molar-refractivity contribution in [2.45, 2.75) is 6.92 Å². The van der Waals surface area contributed by atoms with Crippen LogP contribution in [-0.2, 0) is 9.53 Å². The van der Waals surface area contributed by atoms with Crippen LogP contribution in [0.25, 0.3) is 16.6 Å². The number of nitrogens with zero attached hydrogens (tertiary/aromatic N) is 4. The number of benzene rings is 1. The van der Waals surface area contributed by atoms with Crippen LogP contribution in [-0.4, -0.2) is 54.4 Å². The molecule has 1 aromatic carbocycles. The van der Waals surface area contributed by atoms with Gasteiger partial charge >= 0.3 is 0 Å². The third kappa shape index (κ3) is 3.38. The molecule has 3 aromatic rings. The van der Waals surface area contributed by atoms with Crippen molar-refractivity contribution < 1.29 is 9.53 Å². The van der Waals surface area contributed by atoms with E-state index in [1.807, 2.05) is 43.1 Å². The first-order chi connectivity index (χ1) is 12.0. The fraction of sp³-hybridized carbons (Fsp3) is 0.353. The lowest BCUT2D eigenvalue weighted by molar-refractivity contribution is -0.119. The van der Waals surface area contributed by atoms with Crippen LogP contribution >= 0.6 is 11.6 Å². The monoisotopic (exact) mass is 361 g/mol. The highest BCUT2D eigenvalue weighted by Gasteiger charge is 2.17. The van der Waals surface area contributed by atoms with Gasteiger partial charge in [0.2, 0.25) is 5.91 Å². The number of anilines is 1. The second kappa shape index (κ2) is 7.25. The van der Waals surface area contributed by atoms with Gasteiger partial charge in [-0.2, -0.15) is 5.10 Å². The number of para-hydroxylation sites is 1. The first kappa shape index (κ1) is 17.4. The van der Waals surface area contributed by atoms with Gasteiger partial charge in [-0.3, -0.25) is 4.79 Å². The standard InChI is InChI=1S/C17H20ClN5O2/c1-11-15(18)17-20-16(22(2)10-14(24)19-8-9-25-3)12-6-4-5-7-13(12)23(17)21-11/h4-7H,8-10H2,1-3H3,(H,19,24). The van der Waals surface area contributed by atoms with Gasteiger partial charge in [-0.1, -0.05) is 23.7 Å². The molecule has 0 aliphatic rings. The van der Waals surface area contributed by atoms with Gasteiger partial charge in [-0.05, 0) is 19.1 Å². The minimum atomic E-state index is -0.0962. The third-order valence-electron chi connectivity index (χ3n) is 3.92. The van der Waals surface area contributed by atoms with Crippen LogP contribution < -0.4 is 10.2 Å². The summed E-state index contributed by atoms with van der Waals surface area (Å²) < 4.78 is 6.68. The second-order valence-corrected chi connectivity index (χ2v) is 6.16. The molecule has 0 atom stereocenters. The van der Waals surface area contributed by atoms with E-state index in [-0.39, 0.29) is 12.5 Å². The quantitative estimate of drug-likeness (QED) is 0.680. The summed E-state index contributed by atoms with van der Waals surface area (Å²) in [6.45, 7) is 2.98. The molecule has 0 unspecified atom stereocenters. The number of nitrogens with one attached hydrogen (secondary N) is 1. The van der Waals surface area contributed by atoms with E-state index in [0.717, 1.165) is 16.6 Å². The van der Waals surface area contributed by atoms with E-state index >= 15 is 0 Å². The predicted octanol–water partition coefficient (Wildman–Crippen LogP) is 2.04. The van der Waals surface area contributed by atoms with Gasteiger partial charge in [-0.25, -0.2) is 9.50 Å². The van der Waals surface area contributed by atoms with Gasteiger partial charge in [0.05, 0.1) is 24.4 Å². The fourth-order valence-electron chi connectivity index (χ4n) is 2.70. The molecule has 132 valence electrons. The molecule has 1 N–H and O–H groups in total.